The zero-order valence-electron chi connectivity index (χ0n) is 13.2. The molecule has 2 unspecified atom stereocenters. The SMILES string of the molecule is CC(C)C1(C(=O)N2CCCC2C(=O)NC2CC2)CCNC1. The predicted octanol–water partition coefficient (Wildman–Crippen LogP) is 0.892. The number of rotatable bonds is 4. The Morgan fingerprint density at radius 3 is 2.62 bits per heavy atom. The molecule has 0 bridgehead atoms. The first-order valence-electron chi connectivity index (χ1n) is 8.37. The monoisotopic (exact) mass is 293 g/mol. The van der Waals surface area contributed by atoms with Gasteiger partial charge in [-0.25, -0.2) is 0 Å². The summed E-state index contributed by atoms with van der Waals surface area (Å²) < 4.78 is 0. The van der Waals surface area contributed by atoms with E-state index in [0.717, 1.165) is 51.7 Å². The van der Waals surface area contributed by atoms with Gasteiger partial charge in [0.05, 0.1) is 5.41 Å². The zero-order chi connectivity index (χ0) is 15.0. The number of carbonyl (C=O) groups is 2. The van der Waals surface area contributed by atoms with Crippen LogP contribution in [0.15, 0.2) is 0 Å². The van der Waals surface area contributed by atoms with Crippen LogP contribution in [0.2, 0.25) is 0 Å². The molecule has 5 heteroatoms. The van der Waals surface area contributed by atoms with E-state index in [4.69, 9.17) is 0 Å². The Morgan fingerprint density at radius 1 is 1.29 bits per heavy atom. The highest BCUT2D eigenvalue weighted by molar-refractivity contribution is 5.91. The topological polar surface area (TPSA) is 61.4 Å². The van der Waals surface area contributed by atoms with Crippen molar-refractivity contribution in [3.05, 3.63) is 0 Å². The van der Waals surface area contributed by atoms with E-state index in [0.29, 0.717) is 12.0 Å². The fourth-order valence-corrected chi connectivity index (χ4v) is 3.73. The van der Waals surface area contributed by atoms with Crippen LogP contribution in [0.5, 0.6) is 0 Å². The molecular formula is C16H27N3O2. The van der Waals surface area contributed by atoms with E-state index in [2.05, 4.69) is 24.5 Å². The van der Waals surface area contributed by atoms with Crippen LogP contribution in [0.3, 0.4) is 0 Å². The van der Waals surface area contributed by atoms with Crippen molar-refractivity contribution in [2.45, 2.75) is 58.0 Å². The van der Waals surface area contributed by atoms with Crippen LogP contribution in [-0.2, 0) is 9.59 Å². The first-order valence-corrected chi connectivity index (χ1v) is 8.37. The van der Waals surface area contributed by atoms with E-state index in [9.17, 15) is 9.59 Å². The number of likely N-dealkylation sites (tertiary alicyclic amines) is 1. The van der Waals surface area contributed by atoms with Gasteiger partial charge in [-0.3, -0.25) is 9.59 Å². The third-order valence-corrected chi connectivity index (χ3v) is 5.46. The van der Waals surface area contributed by atoms with Gasteiger partial charge in [0.25, 0.3) is 0 Å². The Morgan fingerprint density at radius 2 is 2.05 bits per heavy atom. The molecule has 2 saturated heterocycles. The van der Waals surface area contributed by atoms with Crippen LogP contribution < -0.4 is 10.6 Å². The third-order valence-electron chi connectivity index (χ3n) is 5.46. The summed E-state index contributed by atoms with van der Waals surface area (Å²) in [5, 5.41) is 6.40. The first-order chi connectivity index (χ1) is 10.0. The minimum Gasteiger partial charge on any atom is -0.352 e. The van der Waals surface area contributed by atoms with Gasteiger partial charge in [0.1, 0.15) is 6.04 Å². The number of nitrogens with zero attached hydrogens (tertiary/aromatic N) is 1. The molecule has 0 aromatic carbocycles. The highest BCUT2D eigenvalue weighted by Gasteiger charge is 2.49. The lowest BCUT2D eigenvalue weighted by Gasteiger charge is -2.37. The maximum Gasteiger partial charge on any atom is 0.243 e. The van der Waals surface area contributed by atoms with Gasteiger partial charge in [-0.05, 0) is 44.6 Å². The Kier molecular flexibility index (Phi) is 3.95. The molecule has 21 heavy (non-hydrogen) atoms. The van der Waals surface area contributed by atoms with Crippen LogP contribution in [0.1, 0.15) is 46.0 Å². The zero-order valence-corrected chi connectivity index (χ0v) is 13.2. The molecule has 3 rings (SSSR count). The standard InChI is InChI=1S/C16H27N3O2/c1-11(2)16(7-8-17-10-16)15(21)19-9-3-4-13(19)14(20)18-12-5-6-12/h11-13,17H,3-10H2,1-2H3,(H,18,20). The van der Waals surface area contributed by atoms with Crippen molar-refractivity contribution in [3.8, 4) is 0 Å². The molecule has 2 aliphatic heterocycles. The highest BCUT2D eigenvalue weighted by Crippen LogP contribution is 2.38. The molecule has 0 spiro atoms. The molecule has 2 atom stereocenters. The van der Waals surface area contributed by atoms with Gasteiger partial charge in [0, 0.05) is 19.1 Å². The summed E-state index contributed by atoms with van der Waals surface area (Å²) in [6, 6.07) is 0.122. The average Bonchev–Trinajstić information content (AvgIpc) is 3.00. The number of carbonyl (C=O) groups excluding carboxylic acids is 2. The molecule has 1 saturated carbocycles. The summed E-state index contributed by atoms with van der Waals surface area (Å²) >= 11 is 0. The molecule has 118 valence electrons. The molecule has 2 N–H and O–H groups in total. The van der Waals surface area contributed by atoms with E-state index in [1.165, 1.54) is 0 Å². The van der Waals surface area contributed by atoms with Crippen LogP contribution >= 0.6 is 0 Å². The number of amides is 2. The molecule has 0 radical (unpaired) electrons. The van der Waals surface area contributed by atoms with Crippen LogP contribution in [0.25, 0.3) is 0 Å². The van der Waals surface area contributed by atoms with Gasteiger partial charge in [0.15, 0.2) is 0 Å². The number of hydrogen-bond acceptors (Lipinski definition) is 3. The minimum absolute atomic E-state index is 0.0632. The smallest absolute Gasteiger partial charge is 0.243 e. The summed E-state index contributed by atoms with van der Waals surface area (Å²) in [5.41, 5.74) is -0.317. The predicted molar refractivity (Wildman–Crippen MR) is 80.7 cm³/mol. The van der Waals surface area contributed by atoms with Crippen LogP contribution in [0.4, 0.5) is 0 Å². The van der Waals surface area contributed by atoms with Crippen molar-refractivity contribution in [2.24, 2.45) is 11.3 Å². The second kappa shape index (κ2) is 5.59. The van der Waals surface area contributed by atoms with Gasteiger partial charge in [-0.1, -0.05) is 13.8 Å². The molecule has 3 fully saturated rings. The molecule has 0 aromatic rings. The maximum absolute atomic E-state index is 13.1. The van der Waals surface area contributed by atoms with Crippen molar-refractivity contribution >= 4 is 11.8 Å². The van der Waals surface area contributed by atoms with Crippen molar-refractivity contribution < 1.29 is 9.59 Å². The second-order valence-electron chi connectivity index (χ2n) is 7.18. The fraction of sp³-hybridized carbons (Fsp3) is 0.875. The van der Waals surface area contributed by atoms with Crippen molar-refractivity contribution in [1.82, 2.24) is 15.5 Å². The van der Waals surface area contributed by atoms with Crippen molar-refractivity contribution in [3.63, 3.8) is 0 Å². The van der Waals surface area contributed by atoms with E-state index in [1.54, 1.807) is 0 Å². The lowest BCUT2D eigenvalue weighted by molar-refractivity contribution is -0.148. The van der Waals surface area contributed by atoms with Gasteiger partial charge in [0.2, 0.25) is 11.8 Å². The summed E-state index contributed by atoms with van der Waals surface area (Å²) in [6.07, 6.45) is 4.82. The van der Waals surface area contributed by atoms with E-state index < -0.39 is 0 Å². The van der Waals surface area contributed by atoms with Crippen LogP contribution in [-0.4, -0.2) is 48.4 Å². The van der Waals surface area contributed by atoms with Crippen molar-refractivity contribution in [2.75, 3.05) is 19.6 Å². The normalized spacial score (nSPS) is 32.7. The van der Waals surface area contributed by atoms with E-state index in [-0.39, 0.29) is 23.3 Å². The highest BCUT2D eigenvalue weighted by atomic mass is 16.2. The molecular weight excluding hydrogens is 266 g/mol. The lowest BCUT2D eigenvalue weighted by Crippen LogP contribution is -2.53. The first kappa shape index (κ1) is 14.8. The Bertz CT molecular complexity index is 425. The largest absolute Gasteiger partial charge is 0.352 e. The van der Waals surface area contributed by atoms with Gasteiger partial charge in [-0.2, -0.15) is 0 Å². The third kappa shape index (κ3) is 2.68. The molecule has 2 amide bonds. The Labute approximate surface area is 126 Å². The van der Waals surface area contributed by atoms with Crippen LogP contribution in [0, 0.1) is 11.3 Å². The average molecular weight is 293 g/mol. The molecule has 2 heterocycles. The quantitative estimate of drug-likeness (QED) is 0.809. The molecule has 3 aliphatic rings. The van der Waals surface area contributed by atoms with Crippen molar-refractivity contribution in [1.29, 1.82) is 0 Å². The summed E-state index contributed by atoms with van der Waals surface area (Å²) in [4.78, 5) is 27.4. The van der Waals surface area contributed by atoms with E-state index in [1.807, 2.05) is 4.90 Å². The Hall–Kier alpha value is -1.10. The van der Waals surface area contributed by atoms with E-state index >= 15 is 0 Å². The van der Waals surface area contributed by atoms with Gasteiger partial charge < -0.3 is 15.5 Å². The maximum atomic E-state index is 13.1. The Balaban J connectivity index is 1.74. The van der Waals surface area contributed by atoms with Gasteiger partial charge in [-0.15, -0.1) is 0 Å². The summed E-state index contributed by atoms with van der Waals surface area (Å²) in [6.45, 7) is 6.63. The number of hydrogen-bond donors (Lipinski definition) is 2. The lowest BCUT2D eigenvalue weighted by atomic mass is 9.75. The number of nitrogens with one attached hydrogen (secondary N) is 2. The minimum atomic E-state index is -0.317. The molecule has 1 aliphatic carbocycles. The molecule has 0 aromatic heterocycles. The summed E-state index contributed by atoms with van der Waals surface area (Å²) in [7, 11) is 0. The fourth-order valence-electron chi connectivity index (χ4n) is 3.73. The summed E-state index contributed by atoms with van der Waals surface area (Å²) in [5.74, 6) is 0.553. The van der Waals surface area contributed by atoms with Gasteiger partial charge >= 0.3 is 0 Å². The molecule has 5 nitrogen and oxygen atoms in total. The second-order valence-corrected chi connectivity index (χ2v) is 7.18.